The minimum Gasteiger partial charge on any atom is -0.334 e. The van der Waals surface area contributed by atoms with Crippen molar-refractivity contribution >= 4 is 11.6 Å². The number of amides is 1. The van der Waals surface area contributed by atoms with Crippen LogP contribution in [0.15, 0.2) is 71.5 Å². The maximum absolute atomic E-state index is 12.2. The largest absolute Gasteiger partial charge is 0.334 e. The molecule has 28 heavy (non-hydrogen) atoms. The number of nitrogens with one attached hydrogen (secondary N) is 1. The number of aromatic nitrogens is 3. The second kappa shape index (κ2) is 7.44. The molecule has 4 aromatic rings. The molecule has 1 N–H and O–H groups in total. The van der Waals surface area contributed by atoms with Crippen molar-refractivity contribution in [1.82, 2.24) is 15.1 Å². The van der Waals surface area contributed by atoms with E-state index in [1.807, 2.05) is 30.3 Å². The predicted molar refractivity (Wildman–Crippen MR) is 107 cm³/mol. The summed E-state index contributed by atoms with van der Waals surface area (Å²) < 4.78 is 5.41. The van der Waals surface area contributed by atoms with Gasteiger partial charge in [0.25, 0.3) is 11.8 Å². The summed E-state index contributed by atoms with van der Waals surface area (Å²) >= 11 is 0. The number of aryl methyl sites for hydroxylation is 2. The van der Waals surface area contributed by atoms with Crippen LogP contribution in [0.5, 0.6) is 0 Å². The van der Waals surface area contributed by atoms with Gasteiger partial charge in [-0.2, -0.15) is 4.98 Å². The maximum atomic E-state index is 12.2. The molecule has 0 fully saturated rings. The van der Waals surface area contributed by atoms with Crippen molar-refractivity contribution in [2.24, 2.45) is 0 Å². The van der Waals surface area contributed by atoms with Crippen molar-refractivity contribution in [2.45, 2.75) is 13.8 Å². The molecule has 0 spiro atoms. The van der Waals surface area contributed by atoms with Gasteiger partial charge in [-0.25, -0.2) is 0 Å². The Morgan fingerprint density at radius 3 is 2.32 bits per heavy atom. The standard InChI is InChI=1S/C22H18N4O2/c1-14-3-4-18(13-15(14)2)20-25-22(28-26-20)17-5-7-19(8-6-17)24-21(27)16-9-11-23-12-10-16/h3-13H,1-2H3,(H,24,27). The van der Waals surface area contributed by atoms with E-state index in [-0.39, 0.29) is 5.91 Å². The highest BCUT2D eigenvalue weighted by Crippen LogP contribution is 2.25. The molecule has 0 radical (unpaired) electrons. The van der Waals surface area contributed by atoms with Gasteiger partial charge in [-0.05, 0) is 67.4 Å². The second-order valence-corrected chi connectivity index (χ2v) is 6.49. The molecule has 2 heterocycles. The number of hydrogen-bond acceptors (Lipinski definition) is 5. The summed E-state index contributed by atoms with van der Waals surface area (Å²) in [5, 5.41) is 6.93. The van der Waals surface area contributed by atoms with Crippen molar-refractivity contribution in [3.05, 3.63) is 83.7 Å². The first kappa shape index (κ1) is 17.6. The van der Waals surface area contributed by atoms with Gasteiger partial charge in [0.15, 0.2) is 0 Å². The summed E-state index contributed by atoms with van der Waals surface area (Å²) in [6, 6.07) is 16.7. The van der Waals surface area contributed by atoms with Crippen molar-refractivity contribution in [3.8, 4) is 22.8 Å². The number of rotatable bonds is 4. The van der Waals surface area contributed by atoms with Gasteiger partial charge in [0, 0.05) is 34.8 Å². The van der Waals surface area contributed by atoms with E-state index in [2.05, 4.69) is 34.3 Å². The summed E-state index contributed by atoms with van der Waals surface area (Å²) in [5.41, 5.74) is 5.33. The van der Waals surface area contributed by atoms with Gasteiger partial charge >= 0.3 is 0 Å². The molecule has 0 saturated heterocycles. The van der Waals surface area contributed by atoms with E-state index in [1.165, 1.54) is 11.1 Å². The zero-order valence-corrected chi connectivity index (χ0v) is 15.5. The molecule has 0 saturated carbocycles. The molecule has 2 aromatic carbocycles. The van der Waals surface area contributed by atoms with Gasteiger partial charge in [-0.15, -0.1) is 0 Å². The van der Waals surface area contributed by atoms with Gasteiger partial charge in [0.1, 0.15) is 0 Å². The Morgan fingerprint density at radius 2 is 1.61 bits per heavy atom. The normalized spacial score (nSPS) is 10.6. The minimum atomic E-state index is -0.190. The highest BCUT2D eigenvalue weighted by Gasteiger charge is 2.12. The molecule has 0 bridgehead atoms. The van der Waals surface area contributed by atoms with E-state index in [9.17, 15) is 4.79 Å². The Bertz CT molecular complexity index is 1120. The summed E-state index contributed by atoms with van der Waals surface area (Å²) in [6.07, 6.45) is 3.17. The van der Waals surface area contributed by atoms with Crippen LogP contribution < -0.4 is 5.32 Å². The molecular formula is C22H18N4O2. The smallest absolute Gasteiger partial charge is 0.258 e. The SMILES string of the molecule is Cc1ccc(-c2noc(-c3ccc(NC(=O)c4ccncc4)cc3)n2)cc1C. The number of pyridine rings is 1. The summed E-state index contributed by atoms with van der Waals surface area (Å²) in [4.78, 5) is 20.6. The first-order valence-corrected chi connectivity index (χ1v) is 8.83. The zero-order valence-electron chi connectivity index (χ0n) is 15.5. The molecule has 1 amide bonds. The molecule has 2 aromatic heterocycles. The number of anilines is 1. The number of carbonyl (C=O) groups excluding carboxylic acids is 1. The first-order valence-electron chi connectivity index (χ1n) is 8.83. The van der Waals surface area contributed by atoms with E-state index in [1.54, 1.807) is 36.7 Å². The fourth-order valence-corrected chi connectivity index (χ4v) is 2.74. The highest BCUT2D eigenvalue weighted by atomic mass is 16.5. The second-order valence-electron chi connectivity index (χ2n) is 6.49. The number of nitrogens with zero attached hydrogens (tertiary/aromatic N) is 3. The van der Waals surface area contributed by atoms with E-state index < -0.39 is 0 Å². The third kappa shape index (κ3) is 3.66. The van der Waals surface area contributed by atoms with Crippen molar-refractivity contribution in [1.29, 1.82) is 0 Å². The lowest BCUT2D eigenvalue weighted by Gasteiger charge is -2.05. The van der Waals surface area contributed by atoms with E-state index in [0.717, 1.165) is 11.1 Å². The van der Waals surface area contributed by atoms with Gasteiger partial charge in [-0.1, -0.05) is 17.3 Å². The number of hydrogen-bond donors (Lipinski definition) is 1. The zero-order chi connectivity index (χ0) is 19.5. The molecular weight excluding hydrogens is 352 g/mol. The molecule has 4 rings (SSSR count). The molecule has 0 unspecified atom stereocenters. The Kier molecular flexibility index (Phi) is 4.68. The Morgan fingerprint density at radius 1 is 0.893 bits per heavy atom. The van der Waals surface area contributed by atoms with Gasteiger partial charge in [0.2, 0.25) is 5.82 Å². The lowest BCUT2D eigenvalue weighted by atomic mass is 10.1. The fraction of sp³-hybridized carbons (Fsp3) is 0.0909. The topological polar surface area (TPSA) is 80.9 Å². The average Bonchev–Trinajstić information content (AvgIpc) is 3.21. The highest BCUT2D eigenvalue weighted by molar-refractivity contribution is 6.04. The number of carbonyl (C=O) groups is 1. The third-order valence-corrected chi connectivity index (χ3v) is 4.52. The fourth-order valence-electron chi connectivity index (χ4n) is 2.74. The van der Waals surface area contributed by atoms with Crippen LogP contribution in [0.4, 0.5) is 5.69 Å². The van der Waals surface area contributed by atoms with E-state index in [4.69, 9.17) is 4.52 Å². The summed E-state index contributed by atoms with van der Waals surface area (Å²) in [6.45, 7) is 4.12. The van der Waals surface area contributed by atoms with Crippen LogP contribution in [-0.2, 0) is 0 Å². The average molecular weight is 370 g/mol. The predicted octanol–water partition coefficient (Wildman–Crippen LogP) is 4.67. The maximum Gasteiger partial charge on any atom is 0.258 e. The molecule has 0 aliphatic carbocycles. The molecule has 0 aliphatic rings. The molecule has 6 heteroatoms. The van der Waals surface area contributed by atoms with Crippen molar-refractivity contribution in [3.63, 3.8) is 0 Å². The molecule has 0 aliphatic heterocycles. The van der Waals surface area contributed by atoms with Gasteiger partial charge in [0.05, 0.1) is 0 Å². The van der Waals surface area contributed by atoms with Crippen LogP contribution in [0.3, 0.4) is 0 Å². The Balaban J connectivity index is 1.51. The minimum absolute atomic E-state index is 0.190. The van der Waals surface area contributed by atoms with Crippen molar-refractivity contribution in [2.75, 3.05) is 5.32 Å². The van der Waals surface area contributed by atoms with E-state index >= 15 is 0 Å². The van der Waals surface area contributed by atoms with Crippen LogP contribution in [0, 0.1) is 13.8 Å². The van der Waals surface area contributed by atoms with Gasteiger partial charge in [-0.3, -0.25) is 9.78 Å². The lowest BCUT2D eigenvalue weighted by Crippen LogP contribution is -2.11. The van der Waals surface area contributed by atoms with Crippen LogP contribution in [-0.4, -0.2) is 21.0 Å². The van der Waals surface area contributed by atoms with Crippen LogP contribution in [0.1, 0.15) is 21.5 Å². The quantitative estimate of drug-likeness (QED) is 0.565. The third-order valence-electron chi connectivity index (χ3n) is 4.52. The Labute approximate surface area is 162 Å². The monoisotopic (exact) mass is 370 g/mol. The number of benzene rings is 2. The first-order chi connectivity index (χ1) is 13.6. The molecule has 138 valence electrons. The van der Waals surface area contributed by atoms with Crippen LogP contribution in [0.2, 0.25) is 0 Å². The summed E-state index contributed by atoms with van der Waals surface area (Å²) in [7, 11) is 0. The van der Waals surface area contributed by atoms with Gasteiger partial charge < -0.3 is 9.84 Å². The van der Waals surface area contributed by atoms with Crippen molar-refractivity contribution < 1.29 is 9.32 Å². The van der Waals surface area contributed by atoms with E-state index in [0.29, 0.717) is 23.0 Å². The van der Waals surface area contributed by atoms with Crippen LogP contribution in [0.25, 0.3) is 22.8 Å². The lowest BCUT2D eigenvalue weighted by molar-refractivity contribution is 0.102. The Hall–Kier alpha value is -3.80. The molecule has 0 atom stereocenters. The summed E-state index contributed by atoms with van der Waals surface area (Å²) in [5.74, 6) is 0.790. The van der Waals surface area contributed by atoms with Crippen LogP contribution >= 0.6 is 0 Å². The molecule has 6 nitrogen and oxygen atoms in total.